The van der Waals surface area contributed by atoms with Gasteiger partial charge in [0.1, 0.15) is 5.82 Å². The topological polar surface area (TPSA) is 55.3 Å². The van der Waals surface area contributed by atoms with Gasteiger partial charge in [-0.15, -0.1) is 0 Å². The molecule has 0 N–H and O–H groups in total. The Labute approximate surface area is 144 Å². The Bertz CT molecular complexity index is 824. The van der Waals surface area contributed by atoms with E-state index in [0.29, 0.717) is 12.4 Å². The Morgan fingerprint density at radius 3 is 2.40 bits per heavy atom. The molecule has 0 spiro atoms. The molecule has 1 aromatic heterocycles. The number of aromatic nitrogens is 2. The van der Waals surface area contributed by atoms with Crippen LogP contribution in [-0.4, -0.2) is 27.9 Å². The first kappa shape index (κ1) is 17.3. The molecule has 1 amide bonds. The third-order valence-electron chi connectivity index (χ3n) is 4.06. The van der Waals surface area contributed by atoms with Crippen molar-refractivity contribution in [2.45, 2.75) is 39.3 Å². The van der Waals surface area contributed by atoms with Gasteiger partial charge < -0.3 is 9.64 Å². The fourth-order valence-corrected chi connectivity index (χ4v) is 2.72. The average molecular weight is 347 g/mol. The van der Waals surface area contributed by atoms with Gasteiger partial charge >= 0.3 is 0 Å². The van der Waals surface area contributed by atoms with Crippen LogP contribution < -0.4 is 4.74 Å². The second-order valence-corrected chi connectivity index (χ2v) is 7.05. The minimum absolute atomic E-state index is 0.0624. The summed E-state index contributed by atoms with van der Waals surface area (Å²) in [5.74, 6) is -2.07. The molecule has 0 saturated heterocycles. The van der Waals surface area contributed by atoms with Crippen LogP contribution in [0.1, 0.15) is 48.2 Å². The Kier molecular flexibility index (Phi) is 4.18. The zero-order valence-corrected chi connectivity index (χ0v) is 14.6. The molecule has 5 nitrogen and oxygen atoms in total. The maximum atomic E-state index is 13.8. The summed E-state index contributed by atoms with van der Waals surface area (Å²) in [5, 5.41) is 0. The van der Waals surface area contributed by atoms with Crippen molar-refractivity contribution in [3.63, 3.8) is 0 Å². The molecule has 2 aromatic rings. The lowest BCUT2D eigenvalue weighted by Gasteiger charge is -2.17. The van der Waals surface area contributed by atoms with E-state index in [4.69, 9.17) is 0 Å². The van der Waals surface area contributed by atoms with Crippen molar-refractivity contribution in [3.05, 3.63) is 52.6 Å². The fraction of sp³-hybridized carbons (Fsp3) is 0.389. The van der Waals surface area contributed by atoms with Crippen molar-refractivity contribution in [1.82, 2.24) is 14.9 Å². The molecule has 0 saturated carbocycles. The summed E-state index contributed by atoms with van der Waals surface area (Å²) >= 11 is 0. The summed E-state index contributed by atoms with van der Waals surface area (Å²) in [4.78, 5) is 23.0. The van der Waals surface area contributed by atoms with Crippen LogP contribution in [0.15, 0.2) is 18.3 Å². The van der Waals surface area contributed by atoms with Crippen LogP contribution in [0.3, 0.4) is 0 Å². The smallest absolute Gasteiger partial charge is 0.254 e. The summed E-state index contributed by atoms with van der Waals surface area (Å²) in [6.45, 7) is 6.63. The number of amides is 1. The third-order valence-corrected chi connectivity index (χ3v) is 4.06. The van der Waals surface area contributed by atoms with Gasteiger partial charge in [0.2, 0.25) is 0 Å². The van der Waals surface area contributed by atoms with Gasteiger partial charge in [0, 0.05) is 29.3 Å². The predicted octanol–water partition coefficient (Wildman–Crippen LogP) is 3.22. The third kappa shape index (κ3) is 3.18. The molecule has 0 bridgehead atoms. The zero-order valence-electron chi connectivity index (χ0n) is 14.6. The number of halogens is 2. The maximum Gasteiger partial charge on any atom is 0.254 e. The standard InChI is InChI=1S/C18H19F2N3O2/c1-18(2,3)17-21-7-11-8-23(9-14(11)22-17)16(24)10-5-12(19)15(25-4)13(20)6-10/h5-7H,8-9H2,1-4H3. The fourth-order valence-electron chi connectivity index (χ4n) is 2.72. The highest BCUT2D eigenvalue weighted by atomic mass is 19.1. The zero-order chi connectivity index (χ0) is 18.4. The van der Waals surface area contributed by atoms with Crippen LogP contribution in [0.25, 0.3) is 0 Å². The van der Waals surface area contributed by atoms with Crippen molar-refractivity contribution >= 4 is 5.91 Å². The molecule has 1 aliphatic heterocycles. The quantitative estimate of drug-likeness (QED) is 0.837. The molecule has 0 atom stereocenters. The van der Waals surface area contributed by atoms with E-state index in [9.17, 15) is 13.6 Å². The number of hydrogen-bond donors (Lipinski definition) is 0. The first-order chi connectivity index (χ1) is 11.7. The SMILES string of the molecule is COc1c(F)cc(C(=O)N2Cc3cnc(C(C)(C)C)nc3C2)cc1F. The van der Waals surface area contributed by atoms with Crippen LogP contribution in [0.2, 0.25) is 0 Å². The second kappa shape index (κ2) is 6.06. The molecule has 3 rings (SSSR count). The molecule has 132 valence electrons. The number of fused-ring (bicyclic) bond motifs is 1. The molecule has 7 heteroatoms. The Balaban J connectivity index is 1.86. The molecule has 0 radical (unpaired) electrons. The van der Waals surface area contributed by atoms with Gasteiger partial charge in [-0.25, -0.2) is 18.7 Å². The molecule has 0 unspecified atom stereocenters. The molecule has 0 aliphatic carbocycles. The first-order valence-electron chi connectivity index (χ1n) is 7.88. The number of carbonyl (C=O) groups excluding carboxylic acids is 1. The summed E-state index contributed by atoms with van der Waals surface area (Å²) in [6.07, 6.45) is 1.71. The maximum absolute atomic E-state index is 13.8. The van der Waals surface area contributed by atoms with E-state index in [1.807, 2.05) is 20.8 Å². The molecule has 0 fully saturated rings. The van der Waals surface area contributed by atoms with Crippen molar-refractivity contribution in [1.29, 1.82) is 0 Å². The number of rotatable bonds is 2. The highest BCUT2D eigenvalue weighted by Crippen LogP contribution is 2.28. The van der Waals surface area contributed by atoms with E-state index < -0.39 is 23.3 Å². The predicted molar refractivity (Wildman–Crippen MR) is 87.2 cm³/mol. The Morgan fingerprint density at radius 1 is 1.20 bits per heavy atom. The van der Waals surface area contributed by atoms with E-state index in [1.165, 1.54) is 12.0 Å². The van der Waals surface area contributed by atoms with E-state index in [0.717, 1.165) is 23.4 Å². The van der Waals surface area contributed by atoms with Crippen LogP contribution >= 0.6 is 0 Å². The van der Waals surface area contributed by atoms with Crippen LogP contribution in [-0.2, 0) is 18.5 Å². The summed E-state index contributed by atoms with van der Waals surface area (Å²) < 4.78 is 32.3. The van der Waals surface area contributed by atoms with Crippen LogP contribution in [0.5, 0.6) is 5.75 Å². The molecule has 2 heterocycles. The lowest BCUT2D eigenvalue weighted by Crippen LogP contribution is -2.25. The lowest BCUT2D eigenvalue weighted by atomic mass is 9.95. The molecular formula is C18H19F2N3O2. The van der Waals surface area contributed by atoms with Gasteiger partial charge in [-0.2, -0.15) is 0 Å². The highest BCUT2D eigenvalue weighted by molar-refractivity contribution is 5.94. The summed E-state index contributed by atoms with van der Waals surface area (Å²) in [6, 6.07) is 1.97. The molecule has 1 aliphatic rings. The average Bonchev–Trinajstić information content (AvgIpc) is 2.96. The van der Waals surface area contributed by atoms with Crippen molar-refractivity contribution in [2.75, 3.05) is 7.11 Å². The van der Waals surface area contributed by atoms with Gasteiger partial charge in [0.05, 0.1) is 19.3 Å². The highest BCUT2D eigenvalue weighted by Gasteiger charge is 2.29. The minimum Gasteiger partial charge on any atom is -0.491 e. The van der Waals surface area contributed by atoms with Gasteiger partial charge in [-0.1, -0.05) is 20.8 Å². The molecular weight excluding hydrogens is 328 g/mol. The number of carbonyl (C=O) groups is 1. The van der Waals surface area contributed by atoms with E-state index in [-0.39, 0.29) is 17.5 Å². The summed E-state index contributed by atoms with van der Waals surface area (Å²) in [5.41, 5.74) is 1.35. The Hall–Kier alpha value is -2.57. The minimum atomic E-state index is -0.905. The van der Waals surface area contributed by atoms with Gasteiger partial charge in [0.25, 0.3) is 5.91 Å². The van der Waals surface area contributed by atoms with Crippen molar-refractivity contribution in [2.24, 2.45) is 0 Å². The largest absolute Gasteiger partial charge is 0.491 e. The van der Waals surface area contributed by atoms with Crippen LogP contribution in [0, 0.1) is 11.6 Å². The van der Waals surface area contributed by atoms with Gasteiger partial charge in [0.15, 0.2) is 17.4 Å². The van der Waals surface area contributed by atoms with Gasteiger partial charge in [-0.05, 0) is 12.1 Å². The van der Waals surface area contributed by atoms with E-state index in [2.05, 4.69) is 14.7 Å². The number of ether oxygens (including phenoxy) is 1. The number of hydrogen-bond acceptors (Lipinski definition) is 4. The van der Waals surface area contributed by atoms with Crippen molar-refractivity contribution < 1.29 is 18.3 Å². The number of benzene rings is 1. The first-order valence-corrected chi connectivity index (χ1v) is 7.88. The van der Waals surface area contributed by atoms with Crippen LogP contribution in [0.4, 0.5) is 8.78 Å². The second-order valence-electron chi connectivity index (χ2n) is 7.05. The molecule has 25 heavy (non-hydrogen) atoms. The monoisotopic (exact) mass is 347 g/mol. The lowest BCUT2D eigenvalue weighted by molar-refractivity contribution is 0.0749. The number of nitrogens with zero attached hydrogens (tertiary/aromatic N) is 3. The molecule has 1 aromatic carbocycles. The van der Waals surface area contributed by atoms with Gasteiger partial charge in [-0.3, -0.25) is 4.79 Å². The summed E-state index contributed by atoms with van der Waals surface area (Å²) in [7, 11) is 1.17. The normalized spacial score (nSPS) is 13.8. The van der Waals surface area contributed by atoms with E-state index >= 15 is 0 Å². The van der Waals surface area contributed by atoms with Crippen molar-refractivity contribution in [3.8, 4) is 5.75 Å². The Morgan fingerprint density at radius 2 is 1.84 bits per heavy atom. The number of methoxy groups -OCH3 is 1. The van der Waals surface area contributed by atoms with E-state index in [1.54, 1.807) is 6.20 Å².